The van der Waals surface area contributed by atoms with Crippen molar-refractivity contribution in [1.29, 1.82) is 0 Å². The van der Waals surface area contributed by atoms with Crippen molar-refractivity contribution in [2.45, 2.75) is 13.5 Å². The molecule has 0 spiro atoms. The van der Waals surface area contributed by atoms with E-state index in [1.165, 1.54) is 0 Å². The van der Waals surface area contributed by atoms with Gasteiger partial charge in [-0.3, -0.25) is 0 Å². The van der Waals surface area contributed by atoms with Crippen molar-refractivity contribution in [1.82, 2.24) is 14.6 Å². The summed E-state index contributed by atoms with van der Waals surface area (Å²) in [5, 5.41) is 9.05. The fourth-order valence-corrected chi connectivity index (χ4v) is 3.39. The molecule has 0 amide bonds. The number of aromatic nitrogens is 3. The highest BCUT2D eigenvalue weighted by molar-refractivity contribution is 6.35. The molecule has 1 N–H and O–H groups in total. The average Bonchev–Trinajstić information content (AvgIpc) is 3.02. The molecular weight excluding hydrogens is 379 g/mol. The Kier molecular flexibility index (Phi) is 5.01. The second-order valence-corrected chi connectivity index (χ2v) is 7.29. The van der Waals surface area contributed by atoms with E-state index >= 15 is 0 Å². The van der Waals surface area contributed by atoms with Crippen LogP contribution in [0.4, 0.5) is 5.82 Å². The number of allylic oxidation sites excluding steroid dienone is 6. The maximum absolute atomic E-state index is 6.29. The molecule has 2 heterocycles. The number of halogens is 2. The van der Waals surface area contributed by atoms with E-state index in [4.69, 9.17) is 28.2 Å². The quantitative estimate of drug-likeness (QED) is 0.606. The Balaban J connectivity index is 1.68. The molecule has 27 heavy (non-hydrogen) atoms. The number of nitrogens with one attached hydrogen (secondary N) is 1. The second kappa shape index (κ2) is 7.59. The van der Waals surface area contributed by atoms with E-state index in [1.807, 2.05) is 24.3 Å². The summed E-state index contributed by atoms with van der Waals surface area (Å²) in [6, 6.07) is 9.40. The molecule has 1 unspecified atom stereocenters. The van der Waals surface area contributed by atoms with Gasteiger partial charge in [-0.2, -0.15) is 9.61 Å². The van der Waals surface area contributed by atoms with Gasteiger partial charge >= 0.3 is 0 Å². The average molecular weight is 397 g/mol. The molecule has 4 rings (SSSR count). The first-order chi connectivity index (χ1) is 13.1. The van der Waals surface area contributed by atoms with Crippen LogP contribution in [-0.2, 0) is 6.54 Å². The smallest absolute Gasteiger partial charge is 0.157 e. The molecule has 1 aromatic carbocycles. The van der Waals surface area contributed by atoms with Crippen LogP contribution in [0.25, 0.3) is 11.2 Å². The van der Waals surface area contributed by atoms with Crippen molar-refractivity contribution in [2.24, 2.45) is 5.92 Å². The minimum absolute atomic E-state index is 0.405. The third-order valence-corrected chi connectivity index (χ3v) is 4.99. The molecule has 136 valence electrons. The molecule has 0 radical (unpaired) electrons. The summed E-state index contributed by atoms with van der Waals surface area (Å²) in [4.78, 5) is 4.73. The molecule has 1 aliphatic carbocycles. The highest BCUT2D eigenvalue weighted by Crippen LogP contribution is 2.25. The lowest BCUT2D eigenvalue weighted by Crippen LogP contribution is -2.07. The van der Waals surface area contributed by atoms with Crippen LogP contribution in [0.5, 0.6) is 0 Å². The van der Waals surface area contributed by atoms with Crippen molar-refractivity contribution in [2.75, 3.05) is 5.32 Å². The minimum Gasteiger partial charge on any atom is -0.366 e. The number of rotatable bonds is 4. The molecule has 0 saturated heterocycles. The first-order valence-electron chi connectivity index (χ1n) is 8.70. The fourth-order valence-electron chi connectivity index (χ4n) is 2.92. The summed E-state index contributed by atoms with van der Waals surface area (Å²) in [7, 11) is 0. The summed E-state index contributed by atoms with van der Waals surface area (Å²) in [6.45, 7) is 2.71. The Morgan fingerprint density at radius 1 is 1.15 bits per heavy atom. The van der Waals surface area contributed by atoms with Crippen LogP contribution in [0.3, 0.4) is 0 Å². The third-order valence-electron chi connectivity index (χ3n) is 4.40. The zero-order valence-electron chi connectivity index (χ0n) is 14.7. The van der Waals surface area contributed by atoms with E-state index in [2.05, 4.69) is 47.7 Å². The van der Waals surface area contributed by atoms with Gasteiger partial charge in [-0.05, 0) is 23.6 Å². The van der Waals surface area contributed by atoms with Gasteiger partial charge in [0.2, 0.25) is 0 Å². The highest BCUT2D eigenvalue weighted by atomic mass is 35.5. The van der Waals surface area contributed by atoms with Crippen LogP contribution in [0, 0.1) is 5.92 Å². The zero-order chi connectivity index (χ0) is 18.8. The van der Waals surface area contributed by atoms with Crippen LogP contribution in [0.15, 0.2) is 66.9 Å². The number of hydrogen-bond acceptors (Lipinski definition) is 3. The number of fused-ring (bicyclic) bond motifs is 1. The molecule has 6 heteroatoms. The lowest BCUT2D eigenvalue weighted by Gasteiger charge is -2.12. The molecule has 1 aliphatic rings. The third kappa shape index (κ3) is 3.92. The Bertz CT molecular complexity index is 1080. The molecule has 2 aromatic heterocycles. The molecule has 4 nitrogen and oxygen atoms in total. The Morgan fingerprint density at radius 2 is 2.04 bits per heavy atom. The topological polar surface area (TPSA) is 42.2 Å². The van der Waals surface area contributed by atoms with E-state index in [0.29, 0.717) is 22.5 Å². The van der Waals surface area contributed by atoms with Gasteiger partial charge in [0, 0.05) is 34.3 Å². The van der Waals surface area contributed by atoms with Crippen molar-refractivity contribution in [3.8, 4) is 0 Å². The predicted molar refractivity (Wildman–Crippen MR) is 112 cm³/mol. The number of anilines is 1. The van der Waals surface area contributed by atoms with Gasteiger partial charge in [-0.15, -0.1) is 0 Å². The van der Waals surface area contributed by atoms with Gasteiger partial charge in [-0.25, -0.2) is 4.98 Å². The maximum Gasteiger partial charge on any atom is 0.157 e. The van der Waals surface area contributed by atoms with Gasteiger partial charge in [0.05, 0.1) is 11.9 Å². The van der Waals surface area contributed by atoms with Crippen molar-refractivity contribution in [3.05, 3.63) is 88.2 Å². The maximum atomic E-state index is 6.29. The molecule has 0 fully saturated rings. The van der Waals surface area contributed by atoms with Gasteiger partial charge in [0.15, 0.2) is 5.65 Å². The van der Waals surface area contributed by atoms with E-state index in [9.17, 15) is 0 Å². The molecule has 1 atom stereocenters. The van der Waals surface area contributed by atoms with E-state index in [1.54, 1.807) is 16.8 Å². The second-order valence-electron chi connectivity index (χ2n) is 6.44. The molecule has 0 saturated carbocycles. The predicted octanol–water partition coefficient (Wildman–Crippen LogP) is 5.79. The summed E-state index contributed by atoms with van der Waals surface area (Å²) < 4.78 is 1.78. The molecule has 3 aromatic rings. The van der Waals surface area contributed by atoms with Gasteiger partial charge in [0.25, 0.3) is 0 Å². The van der Waals surface area contributed by atoms with Crippen LogP contribution in [0.1, 0.15) is 18.2 Å². The zero-order valence-corrected chi connectivity index (χ0v) is 16.2. The van der Waals surface area contributed by atoms with E-state index < -0.39 is 0 Å². The standard InChI is InChI=1S/C21H18Cl2N4/c1-14-3-2-4-15(6-5-14)19-12-21(27-20(26-19)9-10-25-27)24-13-16-7-8-17(22)11-18(16)23/h2-12,14,24H,13H2,1H3. The number of hydrogen-bond donors (Lipinski definition) is 1. The summed E-state index contributed by atoms with van der Waals surface area (Å²) >= 11 is 12.3. The van der Waals surface area contributed by atoms with E-state index in [-0.39, 0.29) is 0 Å². The Hall–Kier alpha value is -2.56. The minimum atomic E-state index is 0.405. The number of nitrogens with zero attached hydrogens (tertiary/aromatic N) is 3. The van der Waals surface area contributed by atoms with Crippen molar-refractivity contribution >= 4 is 40.2 Å². The first-order valence-corrected chi connectivity index (χ1v) is 9.45. The van der Waals surface area contributed by atoms with Gasteiger partial charge in [0.1, 0.15) is 5.82 Å². The number of benzene rings is 1. The molecule has 0 aliphatic heterocycles. The van der Waals surface area contributed by atoms with E-state index in [0.717, 1.165) is 28.3 Å². The SMILES string of the molecule is CC1C=CC=C(c2cc(NCc3ccc(Cl)cc3Cl)n3nccc3n2)C=C1. The van der Waals surface area contributed by atoms with Crippen LogP contribution < -0.4 is 5.32 Å². The summed E-state index contributed by atoms with van der Waals surface area (Å²) in [5.41, 5.74) is 3.70. The summed E-state index contributed by atoms with van der Waals surface area (Å²) in [5.74, 6) is 1.25. The van der Waals surface area contributed by atoms with Crippen LogP contribution >= 0.6 is 23.2 Å². The molecule has 0 bridgehead atoms. The lowest BCUT2D eigenvalue weighted by atomic mass is 10.1. The van der Waals surface area contributed by atoms with Crippen molar-refractivity contribution < 1.29 is 0 Å². The van der Waals surface area contributed by atoms with Crippen LogP contribution in [0.2, 0.25) is 10.0 Å². The Labute approximate surface area is 167 Å². The normalized spacial score (nSPS) is 16.4. The fraction of sp³-hybridized carbons (Fsp3) is 0.143. The van der Waals surface area contributed by atoms with Gasteiger partial charge < -0.3 is 5.32 Å². The van der Waals surface area contributed by atoms with Crippen molar-refractivity contribution in [3.63, 3.8) is 0 Å². The highest BCUT2D eigenvalue weighted by Gasteiger charge is 2.10. The largest absolute Gasteiger partial charge is 0.366 e. The van der Waals surface area contributed by atoms with Crippen LogP contribution in [-0.4, -0.2) is 14.6 Å². The first kappa shape index (κ1) is 17.8. The molecular formula is C21H18Cl2N4. The van der Waals surface area contributed by atoms with Gasteiger partial charge in [-0.1, -0.05) is 66.6 Å². The Morgan fingerprint density at radius 3 is 2.89 bits per heavy atom. The monoisotopic (exact) mass is 396 g/mol. The summed E-state index contributed by atoms with van der Waals surface area (Å²) in [6.07, 6.45) is 12.3. The lowest BCUT2D eigenvalue weighted by molar-refractivity contribution is 0.922.